The van der Waals surface area contributed by atoms with E-state index in [4.69, 9.17) is 4.74 Å². The second kappa shape index (κ2) is 9.53. The largest absolute Gasteiger partial charge is 0.455 e. The first-order chi connectivity index (χ1) is 15.4. The second-order valence-corrected chi connectivity index (χ2v) is 9.59. The minimum absolute atomic E-state index is 0.0850. The summed E-state index contributed by atoms with van der Waals surface area (Å²) in [7, 11) is 0. The highest BCUT2D eigenvalue weighted by molar-refractivity contribution is 7.16. The molecule has 1 aromatic carbocycles. The summed E-state index contributed by atoms with van der Waals surface area (Å²) in [5.41, 5.74) is 2.55. The van der Waals surface area contributed by atoms with Gasteiger partial charge in [0.15, 0.2) is 6.61 Å². The van der Waals surface area contributed by atoms with Crippen molar-refractivity contribution in [2.24, 2.45) is 11.8 Å². The van der Waals surface area contributed by atoms with Crippen LogP contribution in [0.3, 0.4) is 0 Å². The van der Waals surface area contributed by atoms with E-state index in [1.165, 1.54) is 11.3 Å². The lowest BCUT2D eigenvalue weighted by Crippen LogP contribution is -2.28. The normalized spacial score (nSPS) is 19.9. The third-order valence-electron chi connectivity index (χ3n) is 5.99. The maximum Gasteiger partial charge on any atom is 0.311 e. The van der Waals surface area contributed by atoms with E-state index < -0.39 is 24.4 Å². The van der Waals surface area contributed by atoms with Crippen molar-refractivity contribution in [1.29, 1.82) is 5.26 Å². The van der Waals surface area contributed by atoms with Crippen LogP contribution >= 0.6 is 11.3 Å². The molecule has 8 heteroatoms. The highest BCUT2D eigenvalue weighted by Gasteiger charge is 2.35. The van der Waals surface area contributed by atoms with E-state index in [0.29, 0.717) is 23.0 Å². The van der Waals surface area contributed by atoms with Gasteiger partial charge in [-0.3, -0.25) is 14.4 Å². The number of esters is 1. The van der Waals surface area contributed by atoms with E-state index in [-0.39, 0.29) is 18.9 Å². The summed E-state index contributed by atoms with van der Waals surface area (Å²) >= 11 is 1.43. The molecule has 2 aliphatic rings. The smallest absolute Gasteiger partial charge is 0.311 e. The van der Waals surface area contributed by atoms with Gasteiger partial charge in [0.2, 0.25) is 5.91 Å². The first kappa shape index (κ1) is 22.0. The standard InChI is InChI=1S/C24H25N3O4S/c1-15-7-8-18-19(11-25)23(32-20(18)9-15)26-21(28)14-31-24(30)17-10-22(29)27(13-17)12-16-5-3-2-4-6-16/h2-6,15,17H,7-10,12-14H2,1H3,(H,26,28). The van der Waals surface area contributed by atoms with Crippen LogP contribution < -0.4 is 5.32 Å². The zero-order chi connectivity index (χ0) is 22.7. The average Bonchev–Trinajstić information content (AvgIpc) is 3.31. The van der Waals surface area contributed by atoms with Crippen LogP contribution in [0.4, 0.5) is 5.00 Å². The second-order valence-electron chi connectivity index (χ2n) is 8.48. The molecular weight excluding hydrogens is 426 g/mol. The van der Waals surface area contributed by atoms with Gasteiger partial charge in [0.1, 0.15) is 11.1 Å². The van der Waals surface area contributed by atoms with E-state index in [1.807, 2.05) is 30.3 Å². The fourth-order valence-electron chi connectivity index (χ4n) is 4.26. The van der Waals surface area contributed by atoms with Gasteiger partial charge in [-0.15, -0.1) is 11.3 Å². The molecule has 1 aliphatic heterocycles. The van der Waals surface area contributed by atoms with Gasteiger partial charge in [-0.2, -0.15) is 5.26 Å². The molecular formula is C24H25N3O4S. The topological polar surface area (TPSA) is 99.5 Å². The monoisotopic (exact) mass is 451 g/mol. The van der Waals surface area contributed by atoms with E-state index >= 15 is 0 Å². The molecule has 166 valence electrons. The molecule has 2 heterocycles. The van der Waals surface area contributed by atoms with Gasteiger partial charge in [-0.25, -0.2) is 0 Å². The molecule has 1 N–H and O–H groups in total. The van der Waals surface area contributed by atoms with Crippen molar-refractivity contribution in [3.63, 3.8) is 0 Å². The number of thiophene rings is 1. The molecule has 1 fully saturated rings. The molecule has 4 rings (SSSR count). The molecule has 1 aromatic heterocycles. The predicted octanol–water partition coefficient (Wildman–Crippen LogP) is 3.27. The molecule has 0 spiro atoms. The molecule has 0 saturated carbocycles. The van der Waals surface area contributed by atoms with Crippen LogP contribution in [0, 0.1) is 23.2 Å². The quantitative estimate of drug-likeness (QED) is 0.680. The fourth-order valence-corrected chi connectivity index (χ4v) is 5.64. The number of benzene rings is 1. The Labute approximate surface area is 191 Å². The van der Waals surface area contributed by atoms with Gasteiger partial charge in [0.05, 0.1) is 11.5 Å². The van der Waals surface area contributed by atoms with Gasteiger partial charge in [-0.05, 0) is 36.3 Å². The zero-order valence-electron chi connectivity index (χ0n) is 17.9. The molecule has 0 radical (unpaired) electrons. The first-order valence-electron chi connectivity index (χ1n) is 10.8. The lowest BCUT2D eigenvalue weighted by molar-refractivity contribution is -0.151. The third kappa shape index (κ3) is 4.83. The van der Waals surface area contributed by atoms with Gasteiger partial charge >= 0.3 is 5.97 Å². The van der Waals surface area contributed by atoms with Crippen LogP contribution in [0.25, 0.3) is 0 Å². The number of hydrogen-bond acceptors (Lipinski definition) is 6. The van der Waals surface area contributed by atoms with Crippen LogP contribution in [-0.2, 0) is 38.5 Å². The highest BCUT2D eigenvalue weighted by atomic mass is 32.1. The van der Waals surface area contributed by atoms with Gasteiger partial charge in [-0.1, -0.05) is 37.3 Å². The Hall–Kier alpha value is -3.18. The number of rotatable bonds is 6. The maximum absolute atomic E-state index is 12.4. The van der Waals surface area contributed by atoms with Crippen LogP contribution in [0.15, 0.2) is 30.3 Å². The Bertz CT molecular complexity index is 1070. The average molecular weight is 452 g/mol. The SMILES string of the molecule is CC1CCc2c(sc(NC(=O)COC(=O)C3CC(=O)N(Cc4ccccc4)C3)c2C#N)C1. The van der Waals surface area contributed by atoms with Crippen molar-refractivity contribution in [2.45, 2.75) is 39.2 Å². The molecule has 1 saturated heterocycles. The predicted molar refractivity (Wildman–Crippen MR) is 120 cm³/mol. The van der Waals surface area contributed by atoms with E-state index in [9.17, 15) is 19.6 Å². The van der Waals surface area contributed by atoms with Crippen molar-refractivity contribution in [3.05, 3.63) is 51.9 Å². The number of nitriles is 1. The minimum Gasteiger partial charge on any atom is -0.455 e. The summed E-state index contributed by atoms with van der Waals surface area (Å²) in [6, 6.07) is 11.8. The van der Waals surface area contributed by atoms with Crippen molar-refractivity contribution >= 4 is 34.1 Å². The lowest BCUT2D eigenvalue weighted by Gasteiger charge is -2.17. The number of carbonyl (C=O) groups is 3. The molecule has 7 nitrogen and oxygen atoms in total. The number of nitrogens with one attached hydrogen (secondary N) is 1. The van der Waals surface area contributed by atoms with Crippen LogP contribution in [-0.4, -0.2) is 35.8 Å². The summed E-state index contributed by atoms with van der Waals surface area (Å²) in [5.74, 6) is -1.15. The minimum atomic E-state index is -0.579. The van der Waals surface area contributed by atoms with E-state index in [1.54, 1.807) is 4.90 Å². The van der Waals surface area contributed by atoms with Crippen molar-refractivity contribution in [2.75, 3.05) is 18.5 Å². The number of ether oxygens (including phenoxy) is 1. The Morgan fingerprint density at radius 3 is 2.81 bits per heavy atom. The first-order valence-corrected chi connectivity index (χ1v) is 11.6. The van der Waals surface area contributed by atoms with E-state index in [2.05, 4.69) is 18.3 Å². The highest BCUT2D eigenvalue weighted by Crippen LogP contribution is 2.39. The fraction of sp³-hybridized carbons (Fsp3) is 0.417. The summed E-state index contributed by atoms with van der Waals surface area (Å²) in [4.78, 5) is 39.9. The number of likely N-dealkylation sites (tertiary alicyclic amines) is 1. The lowest BCUT2D eigenvalue weighted by atomic mass is 9.89. The van der Waals surface area contributed by atoms with Crippen LogP contribution in [0.5, 0.6) is 0 Å². The molecule has 2 atom stereocenters. The third-order valence-corrected chi connectivity index (χ3v) is 7.16. The van der Waals surface area contributed by atoms with Gasteiger partial charge in [0.25, 0.3) is 5.91 Å². The Morgan fingerprint density at radius 1 is 1.28 bits per heavy atom. The van der Waals surface area contributed by atoms with Gasteiger partial charge in [0, 0.05) is 24.4 Å². The Balaban J connectivity index is 1.30. The summed E-state index contributed by atoms with van der Waals surface area (Å²) in [6.07, 6.45) is 2.87. The van der Waals surface area contributed by atoms with Crippen molar-refractivity contribution < 1.29 is 19.1 Å². The molecule has 32 heavy (non-hydrogen) atoms. The van der Waals surface area contributed by atoms with Crippen molar-refractivity contribution in [3.8, 4) is 6.07 Å². The summed E-state index contributed by atoms with van der Waals surface area (Å²) in [5, 5.41) is 12.8. The summed E-state index contributed by atoms with van der Waals surface area (Å²) in [6.45, 7) is 2.47. The number of fused-ring (bicyclic) bond motifs is 1. The number of carbonyl (C=O) groups excluding carboxylic acids is 3. The summed E-state index contributed by atoms with van der Waals surface area (Å²) < 4.78 is 5.19. The number of hydrogen-bond donors (Lipinski definition) is 1. The Kier molecular flexibility index (Phi) is 6.56. The number of amides is 2. The Morgan fingerprint density at radius 2 is 2.06 bits per heavy atom. The maximum atomic E-state index is 12.4. The number of anilines is 1. The van der Waals surface area contributed by atoms with E-state index in [0.717, 1.165) is 35.3 Å². The van der Waals surface area contributed by atoms with Crippen molar-refractivity contribution in [1.82, 2.24) is 4.90 Å². The zero-order valence-corrected chi connectivity index (χ0v) is 18.7. The van der Waals surface area contributed by atoms with Gasteiger partial charge < -0.3 is 15.0 Å². The molecule has 1 aliphatic carbocycles. The number of nitrogens with zero attached hydrogens (tertiary/aromatic N) is 2. The molecule has 2 unspecified atom stereocenters. The molecule has 2 amide bonds. The molecule has 2 aromatic rings. The van der Waals surface area contributed by atoms with Crippen LogP contribution in [0.2, 0.25) is 0 Å². The molecule has 0 bridgehead atoms. The van der Waals surface area contributed by atoms with Crippen LogP contribution in [0.1, 0.15) is 41.3 Å².